The lowest BCUT2D eigenvalue weighted by atomic mass is 10.1. The zero-order valence-corrected chi connectivity index (χ0v) is 20.1. The highest BCUT2D eigenvalue weighted by Crippen LogP contribution is 2.23. The number of hydrogen-bond acceptors (Lipinski definition) is 6. The minimum atomic E-state index is -3.84. The van der Waals surface area contributed by atoms with Gasteiger partial charge >= 0.3 is 0 Å². The summed E-state index contributed by atoms with van der Waals surface area (Å²) in [5.41, 5.74) is 1.39. The molecular weight excluding hydrogens is 469 g/mol. The molecule has 2 N–H and O–H groups in total. The Kier molecular flexibility index (Phi) is 8.41. The average molecular weight is 494 g/mol. The molecule has 1 heterocycles. The van der Waals surface area contributed by atoms with E-state index in [4.69, 9.17) is 0 Å². The lowest BCUT2D eigenvalue weighted by Gasteiger charge is -2.17. The van der Waals surface area contributed by atoms with Crippen molar-refractivity contribution in [1.82, 2.24) is 9.71 Å². The van der Waals surface area contributed by atoms with Gasteiger partial charge in [-0.2, -0.15) is 16.5 Å². The summed E-state index contributed by atoms with van der Waals surface area (Å²) < 4.78 is 41.6. The number of halogens is 1. The molecule has 0 bridgehead atoms. The lowest BCUT2D eigenvalue weighted by Crippen LogP contribution is -2.44. The van der Waals surface area contributed by atoms with Crippen molar-refractivity contribution < 1.29 is 17.6 Å². The molecular formula is C22H24FN3O3S3. The number of aromatic nitrogens is 1. The molecule has 0 aliphatic carbocycles. The second-order valence-electron chi connectivity index (χ2n) is 7.15. The molecule has 2 aromatic carbocycles. The van der Waals surface area contributed by atoms with Crippen LogP contribution in [0.3, 0.4) is 0 Å². The van der Waals surface area contributed by atoms with Gasteiger partial charge in [0, 0.05) is 17.5 Å². The molecule has 0 saturated carbocycles. The standard InChI is InChI=1S/C22H24FN3O3S3/c1-15-8-9-16(13-19(15)23)12-17-14-24-22(31-17)25-21(27)20(10-11-30-2)26-32(28,29)18-6-4-3-5-7-18/h3-9,13-14,20,26H,10-12H2,1-2H3,(H,24,25,27). The first-order valence-corrected chi connectivity index (χ1v) is 13.5. The van der Waals surface area contributed by atoms with E-state index in [0.717, 1.165) is 10.4 Å². The third-order valence-electron chi connectivity index (χ3n) is 4.68. The maximum absolute atomic E-state index is 13.8. The number of carbonyl (C=O) groups excluding carboxylic acids is 1. The molecule has 0 aliphatic heterocycles. The Morgan fingerprint density at radius 2 is 1.97 bits per heavy atom. The van der Waals surface area contributed by atoms with E-state index >= 15 is 0 Å². The van der Waals surface area contributed by atoms with Crippen molar-refractivity contribution in [3.8, 4) is 0 Å². The molecule has 1 atom stereocenters. The number of aryl methyl sites for hydroxylation is 1. The van der Waals surface area contributed by atoms with Crippen molar-refractivity contribution in [2.75, 3.05) is 17.3 Å². The number of rotatable bonds is 10. The fourth-order valence-electron chi connectivity index (χ4n) is 2.92. The van der Waals surface area contributed by atoms with Crippen LogP contribution in [0.25, 0.3) is 0 Å². The molecule has 1 aromatic heterocycles. The van der Waals surface area contributed by atoms with Crippen LogP contribution in [0, 0.1) is 12.7 Å². The van der Waals surface area contributed by atoms with Crippen molar-refractivity contribution in [3.63, 3.8) is 0 Å². The van der Waals surface area contributed by atoms with Gasteiger partial charge in [-0.25, -0.2) is 17.8 Å². The van der Waals surface area contributed by atoms with Crippen molar-refractivity contribution in [1.29, 1.82) is 0 Å². The Hall–Kier alpha value is -2.27. The molecule has 32 heavy (non-hydrogen) atoms. The summed E-state index contributed by atoms with van der Waals surface area (Å²) in [4.78, 5) is 18.0. The number of thiazole rings is 1. The molecule has 1 amide bonds. The van der Waals surface area contributed by atoms with E-state index in [1.54, 1.807) is 37.4 Å². The molecule has 1 unspecified atom stereocenters. The van der Waals surface area contributed by atoms with Crippen LogP contribution in [0.1, 0.15) is 22.4 Å². The summed E-state index contributed by atoms with van der Waals surface area (Å²) in [6.07, 6.45) is 4.34. The third-order valence-corrected chi connectivity index (χ3v) is 7.72. The molecule has 0 aliphatic rings. The molecule has 6 nitrogen and oxygen atoms in total. The largest absolute Gasteiger partial charge is 0.301 e. The van der Waals surface area contributed by atoms with Gasteiger partial charge in [0.2, 0.25) is 15.9 Å². The van der Waals surface area contributed by atoms with Gasteiger partial charge in [0.25, 0.3) is 0 Å². The van der Waals surface area contributed by atoms with Crippen LogP contribution in [0.2, 0.25) is 0 Å². The zero-order chi connectivity index (χ0) is 23.1. The first-order valence-electron chi connectivity index (χ1n) is 9.85. The molecule has 0 fully saturated rings. The van der Waals surface area contributed by atoms with E-state index < -0.39 is 22.0 Å². The number of hydrogen-bond donors (Lipinski definition) is 2. The molecule has 3 aromatic rings. The van der Waals surface area contributed by atoms with Crippen molar-refractivity contribution in [2.45, 2.75) is 30.7 Å². The number of carbonyl (C=O) groups is 1. The lowest BCUT2D eigenvalue weighted by molar-refractivity contribution is -0.117. The van der Waals surface area contributed by atoms with Gasteiger partial charge in [0.1, 0.15) is 11.9 Å². The van der Waals surface area contributed by atoms with Crippen LogP contribution in [0.4, 0.5) is 9.52 Å². The second-order valence-corrected chi connectivity index (χ2v) is 11.0. The smallest absolute Gasteiger partial charge is 0.244 e. The molecule has 170 valence electrons. The van der Waals surface area contributed by atoms with Gasteiger partial charge in [0.15, 0.2) is 5.13 Å². The summed E-state index contributed by atoms with van der Waals surface area (Å²) in [6.45, 7) is 1.71. The summed E-state index contributed by atoms with van der Waals surface area (Å²) in [7, 11) is -3.84. The third kappa shape index (κ3) is 6.61. The monoisotopic (exact) mass is 493 g/mol. The van der Waals surface area contributed by atoms with Gasteiger partial charge in [-0.1, -0.05) is 30.3 Å². The van der Waals surface area contributed by atoms with E-state index in [9.17, 15) is 17.6 Å². The summed E-state index contributed by atoms with van der Waals surface area (Å²) in [5, 5.41) is 3.08. The Balaban J connectivity index is 1.69. The highest BCUT2D eigenvalue weighted by atomic mass is 32.2. The maximum atomic E-state index is 13.8. The highest BCUT2D eigenvalue weighted by molar-refractivity contribution is 7.98. The number of amides is 1. The zero-order valence-electron chi connectivity index (χ0n) is 17.7. The van der Waals surface area contributed by atoms with Gasteiger partial charge in [0.05, 0.1) is 4.90 Å². The van der Waals surface area contributed by atoms with E-state index in [0.29, 0.717) is 29.3 Å². The Morgan fingerprint density at radius 1 is 1.22 bits per heavy atom. The van der Waals surface area contributed by atoms with Crippen LogP contribution < -0.4 is 10.0 Å². The number of sulfonamides is 1. The number of nitrogens with one attached hydrogen (secondary N) is 2. The van der Waals surface area contributed by atoms with Crippen LogP contribution in [-0.2, 0) is 21.2 Å². The minimum absolute atomic E-state index is 0.101. The molecule has 0 spiro atoms. The Labute approximate surface area is 195 Å². The summed E-state index contributed by atoms with van der Waals surface area (Å²) in [5.74, 6) is -0.124. The van der Waals surface area contributed by atoms with Crippen molar-refractivity contribution in [3.05, 3.63) is 76.5 Å². The van der Waals surface area contributed by atoms with Crippen LogP contribution in [-0.4, -0.2) is 37.4 Å². The molecule has 0 radical (unpaired) electrons. The quantitative estimate of drug-likeness (QED) is 0.442. The van der Waals surface area contributed by atoms with E-state index in [-0.39, 0.29) is 10.7 Å². The van der Waals surface area contributed by atoms with Gasteiger partial charge in [-0.05, 0) is 54.7 Å². The van der Waals surface area contributed by atoms with E-state index in [1.165, 1.54) is 41.3 Å². The molecule has 3 rings (SSSR count). The first kappa shape index (κ1) is 24.4. The summed E-state index contributed by atoms with van der Waals surface area (Å²) >= 11 is 2.80. The first-order chi connectivity index (χ1) is 15.3. The average Bonchev–Trinajstić information content (AvgIpc) is 3.21. The normalized spacial score (nSPS) is 12.5. The summed E-state index contributed by atoms with van der Waals surface area (Å²) in [6, 6.07) is 12.1. The molecule has 10 heteroatoms. The van der Waals surface area contributed by atoms with E-state index in [2.05, 4.69) is 15.0 Å². The Bertz CT molecular complexity index is 1170. The minimum Gasteiger partial charge on any atom is -0.301 e. The van der Waals surface area contributed by atoms with Gasteiger partial charge in [-0.15, -0.1) is 11.3 Å². The fourth-order valence-corrected chi connectivity index (χ4v) is 5.49. The predicted molar refractivity (Wildman–Crippen MR) is 128 cm³/mol. The molecule has 0 saturated heterocycles. The Morgan fingerprint density at radius 3 is 2.66 bits per heavy atom. The van der Waals surface area contributed by atoms with Crippen molar-refractivity contribution >= 4 is 44.2 Å². The highest BCUT2D eigenvalue weighted by Gasteiger charge is 2.26. The second kappa shape index (κ2) is 11.0. The number of anilines is 1. The maximum Gasteiger partial charge on any atom is 0.244 e. The van der Waals surface area contributed by atoms with Gasteiger partial charge in [-0.3, -0.25) is 4.79 Å². The number of benzene rings is 2. The van der Waals surface area contributed by atoms with Gasteiger partial charge < -0.3 is 5.32 Å². The topological polar surface area (TPSA) is 88.2 Å². The predicted octanol–water partition coefficient (Wildman–Crippen LogP) is 4.22. The van der Waals surface area contributed by atoms with Crippen molar-refractivity contribution in [2.24, 2.45) is 0 Å². The van der Waals surface area contributed by atoms with E-state index in [1.807, 2.05) is 12.3 Å². The van der Waals surface area contributed by atoms with Crippen LogP contribution >= 0.6 is 23.1 Å². The van der Waals surface area contributed by atoms with Crippen LogP contribution in [0.5, 0.6) is 0 Å². The van der Waals surface area contributed by atoms with Crippen LogP contribution in [0.15, 0.2) is 59.6 Å². The SMILES string of the molecule is CSCCC(NS(=O)(=O)c1ccccc1)C(=O)Nc1ncc(Cc2ccc(C)c(F)c2)s1. The number of nitrogens with zero attached hydrogens (tertiary/aromatic N) is 1. The number of thioether (sulfide) groups is 1. The fraction of sp³-hybridized carbons (Fsp3) is 0.273.